The standard InChI is InChI=1S/C12H23N3O2/c1-3-5-7-9-14-11(16)13-15(12(14)17)10-8-6-4-2/h3-10H2,1-2H3,(H,13,16). The molecule has 5 nitrogen and oxygen atoms in total. The number of rotatable bonds is 8. The summed E-state index contributed by atoms with van der Waals surface area (Å²) in [6.07, 6.45) is 6.15. The zero-order chi connectivity index (χ0) is 12.7. The molecule has 0 atom stereocenters. The molecule has 1 aromatic rings. The van der Waals surface area contributed by atoms with Gasteiger partial charge >= 0.3 is 11.4 Å². The van der Waals surface area contributed by atoms with Crippen LogP contribution in [0.2, 0.25) is 0 Å². The topological polar surface area (TPSA) is 59.8 Å². The van der Waals surface area contributed by atoms with Crippen molar-refractivity contribution in [3.05, 3.63) is 21.0 Å². The smallest absolute Gasteiger partial charge is 0.246 e. The summed E-state index contributed by atoms with van der Waals surface area (Å²) in [7, 11) is 0. The summed E-state index contributed by atoms with van der Waals surface area (Å²) < 4.78 is 2.74. The molecule has 0 bridgehead atoms. The monoisotopic (exact) mass is 241 g/mol. The van der Waals surface area contributed by atoms with Gasteiger partial charge in [-0.3, -0.25) is 0 Å². The van der Waals surface area contributed by atoms with Gasteiger partial charge in [0.05, 0.1) is 0 Å². The maximum Gasteiger partial charge on any atom is 0.346 e. The molecule has 1 heterocycles. The lowest BCUT2D eigenvalue weighted by Crippen LogP contribution is -2.29. The lowest BCUT2D eigenvalue weighted by Gasteiger charge is -1.99. The number of aryl methyl sites for hydroxylation is 1. The second kappa shape index (κ2) is 7.14. The van der Waals surface area contributed by atoms with Gasteiger partial charge in [0, 0.05) is 13.1 Å². The predicted molar refractivity (Wildman–Crippen MR) is 68.4 cm³/mol. The molecule has 0 spiro atoms. The highest BCUT2D eigenvalue weighted by atomic mass is 16.2. The number of hydrogen-bond acceptors (Lipinski definition) is 2. The Labute approximate surface area is 101 Å². The fourth-order valence-electron chi connectivity index (χ4n) is 1.84. The fraction of sp³-hybridized carbons (Fsp3) is 0.833. The molecule has 0 aliphatic rings. The molecule has 1 rings (SSSR count). The van der Waals surface area contributed by atoms with Gasteiger partial charge in [-0.25, -0.2) is 23.9 Å². The van der Waals surface area contributed by atoms with Crippen LogP contribution in [-0.2, 0) is 13.1 Å². The highest BCUT2D eigenvalue weighted by molar-refractivity contribution is 4.70. The zero-order valence-corrected chi connectivity index (χ0v) is 10.9. The lowest BCUT2D eigenvalue weighted by molar-refractivity contribution is 0.520. The van der Waals surface area contributed by atoms with Crippen molar-refractivity contribution < 1.29 is 0 Å². The molecular formula is C12H23N3O2. The van der Waals surface area contributed by atoms with E-state index >= 15 is 0 Å². The summed E-state index contributed by atoms with van der Waals surface area (Å²) in [4.78, 5) is 23.4. The van der Waals surface area contributed by atoms with Crippen LogP contribution in [-0.4, -0.2) is 14.3 Å². The van der Waals surface area contributed by atoms with Crippen molar-refractivity contribution >= 4 is 0 Å². The molecule has 0 radical (unpaired) electrons. The van der Waals surface area contributed by atoms with E-state index in [1.807, 2.05) is 0 Å². The summed E-state index contributed by atoms with van der Waals surface area (Å²) in [5.74, 6) is 0. The summed E-state index contributed by atoms with van der Waals surface area (Å²) in [5, 5.41) is 2.61. The van der Waals surface area contributed by atoms with Gasteiger partial charge in [0.2, 0.25) is 0 Å². The highest BCUT2D eigenvalue weighted by Crippen LogP contribution is 1.96. The Hall–Kier alpha value is -1.26. The molecule has 0 amide bonds. The van der Waals surface area contributed by atoms with Crippen molar-refractivity contribution in [3.63, 3.8) is 0 Å². The minimum atomic E-state index is -0.275. The van der Waals surface area contributed by atoms with Gasteiger partial charge in [0.15, 0.2) is 0 Å². The van der Waals surface area contributed by atoms with Gasteiger partial charge in [-0.2, -0.15) is 0 Å². The molecule has 1 N–H and O–H groups in total. The summed E-state index contributed by atoms with van der Waals surface area (Å²) >= 11 is 0. The Morgan fingerprint density at radius 2 is 1.53 bits per heavy atom. The van der Waals surface area contributed by atoms with Gasteiger partial charge in [0.25, 0.3) is 0 Å². The first-order chi connectivity index (χ1) is 8.20. The normalized spacial score (nSPS) is 10.9. The number of nitrogens with one attached hydrogen (secondary N) is 1. The molecular weight excluding hydrogens is 218 g/mol. The first-order valence-corrected chi connectivity index (χ1v) is 6.60. The molecule has 0 aliphatic heterocycles. The lowest BCUT2D eigenvalue weighted by atomic mass is 10.2. The Balaban J connectivity index is 2.65. The SMILES string of the molecule is CCCCCn1[nH]c(=O)n(CCCCC)c1=O. The third kappa shape index (κ3) is 3.91. The van der Waals surface area contributed by atoms with Gasteiger partial charge in [-0.1, -0.05) is 39.5 Å². The van der Waals surface area contributed by atoms with E-state index in [9.17, 15) is 9.59 Å². The van der Waals surface area contributed by atoms with Gasteiger partial charge in [-0.05, 0) is 12.8 Å². The Bertz CT molecular complexity index is 428. The van der Waals surface area contributed by atoms with Crippen LogP contribution in [0.3, 0.4) is 0 Å². The molecule has 0 aromatic carbocycles. The van der Waals surface area contributed by atoms with E-state index in [0.717, 1.165) is 38.5 Å². The number of H-pyrrole nitrogens is 1. The van der Waals surface area contributed by atoms with Crippen LogP contribution in [0.5, 0.6) is 0 Å². The molecule has 0 fully saturated rings. The zero-order valence-electron chi connectivity index (χ0n) is 10.9. The number of hydrogen-bond donors (Lipinski definition) is 1. The maximum atomic E-state index is 11.9. The van der Waals surface area contributed by atoms with Crippen LogP contribution in [0.15, 0.2) is 9.59 Å². The van der Waals surface area contributed by atoms with Crippen LogP contribution in [0.4, 0.5) is 0 Å². The maximum absolute atomic E-state index is 11.9. The van der Waals surface area contributed by atoms with E-state index in [1.54, 1.807) is 0 Å². The Morgan fingerprint density at radius 3 is 2.12 bits per heavy atom. The molecule has 0 unspecified atom stereocenters. The van der Waals surface area contributed by atoms with Gasteiger partial charge in [0.1, 0.15) is 0 Å². The first kappa shape index (κ1) is 13.8. The first-order valence-electron chi connectivity index (χ1n) is 6.60. The Morgan fingerprint density at radius 1 is 0.941 bits per heavy atom. The quantitative estimate of drug-likeness (QED) is 0.704. The second-order valence-electron chi connectivity index (χ2n) is 4.42. The second-order valence-corrected chi connectivity index (χ2v) is 4.42. The van der Waals surface area contributed by atoms with Crippen molar-refractivity contribution in [1.82, 2.24) is 14.3 Å². The van der Waals surface area contributed by atoms with Gasteiger partial charge in [-0.15, -0.1) is 0 Å². The van der Waals surface area contributed by atoms with Crippen LogP contribution in [0.25, 0.3) is 0 Å². The van der Waals surface area contributed by atoms with E-state index in [1.165, 1.54) is 9.25 Å². The van der Waals surface area contributed by atoms with E-state index in [2.05, 4.69) is 18.9 Å². The molecule has 1 aromatic heterocycles. The number of unbranched alkanes of at least 4 members (excludes halogenated alkanes) is 4. The van der Waals surface area contributed by atoms with Crippen LogP contribution >= 0.6 is 0 Å². The fourth-order valence-corrected chi connectivity index (χ4v) is 1.84. The molecule has 0 aliphatic carbocycles. The minimum absolute atomic E-state index is 0.192. The van der Waals surface area contributed by atoms with Crippen molar-refractivity contribution in [1.29, 1.82) is 0 Å². The van der Waals surface area contributed by atoms with E-state index < -0.39 is 0 Å². The third-order valence-corrected chi connectivity index (χ3v) is 2.91. The molecule has 0 saturated carbocycles. The van der Waals surface area contributed by atoms with Crippen LogP contribution < -0.4 is 11.4 Å². The number of aromatic nitrogens is 3. The Kier molecular flexibility index (Phi) is 5.80. The third-order valence-electron chi connectivity index (χ3n) is 2.91. The average Bonchev–Trinajstić information content (AvgIpc) is 2.57. The van der Waals surface area contributed by atoms with Crippen LogP contribution in [0.1, 0.15) is 52.4 Å². The number of aromatic amines is 1. The average molecular weight is 241 g/mol. The van der Waals surface area contributed by atoms with E-state index in [4.69, 9.17) is 0 Å². The summed E-state index contributed by atoms with van der Waals surface area (Å²) in [6.45, 7) is 5.36. The largest absolute Gasteiger partial charge is 0.346 e. The minimum Gasteiger partial charge on any atom is -0.246 e. The molecule has 5 heteroatoms. The molecule has 98 valence electrons. The summed E-state index contributed by atoms with van der Waals surface area (Å²) in [5.41, 5.74) is -0.468. The van der Waals surface area contributed by atoms with E-state index in [-0.39, 0.29) is 11.4 Å². The van der Waals surface area contributed by atoms with Crippen molar-refractivity contribution in [2.75, 3.05) is 0 Å². The van der Waals surface area contributed by atoms with Gasteiger partial charge < -0.3 is 0 Å². The van der Waals surface area contributed by atoms with Crippen LogP contribution in [0, 0.1) is 0 Å². The van der Waals surface area contributed by atoms with Crippen molar-refractivity contribution in [2.45, 2.75) is 65.5 Å². The van der Waals surface area contributed by atoms with Crippen molar-refractivity contribution in [2.24, 2.45) is 0 Å². The highest BCUT2D eigenvalue weighted by Gasteiger charge is 2.07. The predicted octanol–water partition coefficient (Wildman–Crippen LogP) is 1.72. The molecule has 0 saturated heterocycles. The van der Waals surface area contributed by atoms with Crippen molar-refractivity contribution in [3.8, 4) is 0 Å². The van der Waals surface area contributed by atoms with E-state index in [0.29, 0.717) is 13.1 Å². The molecule has 17 heavy (non-hydrogen) atoms. The summed E-state index contributed by atoms with van der Waals surface area (Å²) in [6, 6.07) is 0. The number of nitrogens with zero attached hydrogens (tertiary/aromatic N) is 2.